The first-order chi connectivity index (χ1) is 17.3. The van der Waals surface area contributed by atoms with Crippen molar-refractivity contribution in [2.24, 2.45) is 5.92 Å². The summed E-state index contributed by atoms with van der Waals surface area (Å²) in [5.41, 5.74) is 1.01. The molecule has 192 valence electrons. The van der Waals surface area contributed by atoms with E-state index in [4.69, 9.17) is 0 Å². The third kappa shape index (κ3) is 4.59. The third-order valence-electron chi connectivity index (χ3n) is 8.73. The number of pyridine rings is 1. The number of nitrogens with one attached hydrogen (secondary N) is 1. The van der Waals surface area contributed by atoms with Gasteiger partial charge in [-0.1, -0.05) is 36.8 Å². The summed E-state index contributed by atoms with van der Waals surface area (Å²) < 4.78 is 13.2. The summed E-state index contributed by atoms with van der Waals surface area (Å²) in [5.74, 6) is 0.0618. The minimum absolute atomic E-state index is 0.0294. The molecule has 3 aliphatic rings. The van der Waals surface area contributed by atoms with Crippen LogP contribution in [0, 0.1) is 11.7 Å². The number of anilines is 1. The minimum atomic E-state index is -0.460. The Morgan fingerprint density at radius 1 is 1.11 bits per heavy atom. The largest absolute Gasteiger partial charge is 0.321 e. The van der Waals surface area contributed by atoms with Crippen LogP contribution in [0.25, 0.3) is 0 Å². The number of aromatic nitrogens is 1. The Balaban J connectivity index is 1.33. The molecular formula is C28H36FN5O2. The Morgan fingerprint density at radius 2 is 1.83 bits per heavy atom. The molecular weight excluding hydrogens is 457 g/mol. The van der Waals surface area contributed by atoms with Crippen molar-refractivity contribution in [3.05, 3.63) is 60.0 Å². The van der Waals surface area contributed by atoms with Crippen molar-refractivity contribution in [1.82, 2.24) is 19.7 Å². The lowest BCUT2D eigenvalue weighted by Crippen LogP contribution is -2.56. The second kappa shape index (κ2) is 9.81. The number of urea groups is 1. The van der Waals surface area contributed by atoms with Crippen molar-refractivity contribution in [1.29, 1.82) is 0 Å². The van der Waals surface area contributed by atoms with E-state index in [2.05, 4.69) is 64.5 Å². The first-order valence-electron chi connectivity index (χ1n) is 13.0. The maximum Gasteiger partial charge on any atom is 0.321 e. The predicted octanol–water partition coefficient (Wildman–Crippen LogP) is 4.47. The number of hydrogen-bond acceptors (Lipinski definition) is 4. The van der Waals surface area contributed by atoms with Crippen molar-refractivity contribution in [3.63, 3.8) is 0 Å². The highest BCUT2D eigenvalue weighted by Crippen LogP contribution is 2.49. The first-order valence-corrected chi connectivity index (χ1v) is 13.0. The Labute approximate surface area is 212 Å². The van der Waals surface area contributed by atoms with Crippen LogP contribution in [0.15, 0.2) is 48.7 Å². The molecule has 5 rings (SSSR count). The van der Waals surface area contributed by atoms with E-state index in [9.17, 15) is 14.0 Å². The van der Waals surface area contributed by atoms with Crippen LogP contribution in [0.4, 0.5) is 15.0 Å². The van der Waals surface area contributed by atoms with Gasteiger partial charge in [0.15, 0.2) is 0 Å². The van der Waals surface area contributed by atoms with Crippen LogP contribution >= 0.6 is 0 Å². The van der Waals surface area contributed by atoms with Crippen molar-refractivity contribution < 1.29 is 14.0 Å². The van der Waals surface area contributed by atoms with Gasteiger partial charge in [0.1, 0.15) is 18.2 Å². The summed E-state index contributed by atoms with van der Waals surface area (Å²) in [6, 6.07) is 13.3. The summed E-state index contributed by atoms with van der Waals surface area (Å²) in [5, 5.41) is 2.70. The maximum atomic E-state index is 13.6. The molecule has 36 heavy (non-hydrogen) atoms. The fourth-order valence-corrected chi connectivity index (χ4v) is 6.32. The van der Waals surface area contributed by atoms with Crippen LogP contribution < -0.4 is 5.32 Å². The molecule has 1 aliphatic heterocycles. The molecule has 1 aromatic carbocycles. The molecule has 3 fully saturated rings. The number of carbonyl (C=O) groups is 2. The summed E-state index contributed by atoms with van der Waals surface area (Å²) in [7, 11) is 4.30. The molecule has 1 saturated heterocycles. The number of benzene rings is 1. The van der Waals surface area contributed by atoms with Gasteiger partial charge in [0.25, 0.3) is 0 Å². The number of nitrogens with zero attached hydrogens (tertiary/aromatic N) is 4. The third-order valence-corrected chi connectivity index (χ3v) is 8.73. The highest BCUT2D eigenvalue weighted by Gasteiger charge is 2.55. The molecule has 8 heteroatoms. The Kier molecular flexibility index (Phi) is 6.72. The molecule has 7 nitrogen and oxygen atoms in total. The average molecular weight is 494 g/mol. The molecule has 1 N–H and O–H groups in total. The Bertz CT molecular complexity index is 1080. The van der Waals surface area contributed by atoms with Crippen LogP contribution in [0.3, 0.4) is 0 Å². The second-order valence-corrected chi connectivity index (χ2v) is 11.0. The fraction of sp³-hybridized carbons (Fsp3) is 0.536. The molecule has 0 unspecified atom stereocenters. The highest BCUT2D eigenvalue weighted by atomic mass is 19.1. The maximum absolute atomic E-state index is 13.6. The number of amides is 3. The van der Waals surface area contributed by atoms with Gasteiger partial charge in [-0.05, 0) is 76.2 Å². The monoisotopic (exact) mass is 493 g/mol. The standard InChI is InChI=1S/C28H36FN5O2/c1-32(2)28(22-9-4-3-5-10-22)15-13-27(14-16-28)20-33(26(36)34(27)18-21-7-6-8-21)19-25(35)31-24-12-11-23(29)17-30-24/h3-5,9-12,17,21H,6-8,13-16,18-20H2,1-2H3,(H,30,31,35)/t27-,28-. The lowest BCUT2D eigenvalue weighted by molar-refractivity contribution is -0.116. The number of hydrogen-bond donors (Lipinski definition) is 1. The van der Waals surface area contributed by atoms with E-state index in [0.717, 1.165) is 38.4 Å². The van der Waals surface area contributed by atoms with E-state index >= 15 is 0 Å². The number of carbonyl (C=O) groups excluding carboxylic acids is 2. The summed E-state index contributed by atoms with van der Waals surface area (Å²) in [6.45, 7) is 1.30. The van der Waals surface area contributed by atoms with Crippen molar-refractivity contribution in [2.45, 2.75) is 56.0 Å². The topological polar surface area (TPSA) is 68.8 Å². The molecule has 0 atom stereocenters. The van der Waals surface area contributed by atoms with Gasteiger partial charge < -0.3 is 15.1 Å². The second-order valence-electron chi connectivity index (χ2n) is 11.0. The number of rotatable bonds is 7. The molecule has 2 saturated carbocycles. The van der Waals surface area contributed by atoms with E-state index in [1.165, 1.54) is 37.0 Å². The van der Waals surface area contributed by atoms with Crippen molar-refractivity contribution in [2.75, 3.05) is 39.0 Å². The smallest absolute Gasteiger partial charge is 0.317 e. The SMILES string of the molecule is CN(C)[C@]1(c2ccccc2)CC[C@@]2(CC1)CN(CC(=O)Nc1ccc(F)cn1)C(=O)N2CC1CCC1. The van der Waals surface area contributed by atoms with E-state index in [1.807, 2.05) is 0 Å². The van der Waals surface area contributed by atoms with Gasteiger partial charge in [-0.25, -0.2) is 14.2 Å². The molecule has 2 heterocycles. The zero-order valence-electron chi connectivity index (χ0n) is 21.3. The van der Waals surface area contributed by atoms with Crippen molar-refractivity contribution in [3.8, 4) is 0 Å². The molecule has 2 aromatic rings. The van der Waals surface area contributed by atoms with E-state index in [1.54, 1.807) is 4.90 Å². The van der Waals surface area contributed by atoms with Gasteiger partial charge in [-0.2, -0.15) is 0 Å². The predicted molar refractivity (Wildman–Crippen MR) is 137 cm³/mol. The van der Waals surface area contributed by atoms with Gasteiger partial charge in [-0.15, -0.1) is 0 Å². The molecule has 1 spiro atoms. The van der Waals surface area contributed by atoms with Gasteiger partial charge in [-0.3, -0.25) is 9.69 Å². The quantitative estimate of drug-likeness (QED) is 0.618. The van der Waals surface area contributed by atoms with Crippen LogP contribution in [0.1, 0.15) is 50.5 Å². The van der Waals surface area contributed by atoms with Gasteiger partial charge >= 0.3 is 6.03 Å². The van der Waals surface area contributed by atoms with Crippen LogP contribution in [-0.2, 0) is 10.3 Å². The average Bonchev–Trinajstić information content (AvgIpc) is 3.08. The van der Waals surface area contributed by atoms with Gasteiger partial charge in [0.05, 0.1) is 11.7 Å². The first kappa shape index (κ1) is 24.7. The van der Waals surface area contributed by atoms with Gasteiger partial charge in [0, 0.05) is 18.6 Å². The van der Waals surface area contributed by atoms with Gasteiger partial charge in [0.2, 0.25) is 5.91 Å². The fourth-order valence-electron chi connectivity index (χ4n) is 6.32. The summed E-state index contributed by atoms with van der Waals surface area (Å²) in [6.07, 6.45) is 8.35. The Hall–Kier alpha value is -3.00. The summed E-state index contributed by atoms with van der Waals surface area (Å²) in [4.78, 5) is 36.5. The lowest BCUT2D eigenvalue weighted by atomic mass is 9.68. The highest BCUT2D eigenvalue weighted by molar-refractivity contribution is 5.94. The lowest BCUT2D eigenvalue weighted by Gasteiger charge is -2.51. The zero-order chi connectivity index (χ0) is 25.3. The molecule has 1 aromatic heterocycles. The zero-order valence-corrected chi connectivity index (χ0v) is 21.3. The van der Waals surface area contributed by atoms with E-state index < -0.39 is 5.82 Å². The van der Waals surface area contributed by atoms with E-state index in [-0.39, 0.29) is 35.4 Å². The molecule has 0 radical (unpaired) electrons. The normalized spacial score (nSPS) is 26.5. The summed E-state index contributed by atoms with van der Waals surface area (Å²) >= 11 is 0. The molecule has 2 aliphatic carbocycles. The molecule has 0 bridgehead atoms. The van der Waals surface area contributed by atoms with Crippen LogP contribution in [0.2, 0.25) is 0 Å². The van der Waals surface area contributed by atoms with Crippen LogP contribution in [0.5, 0.6) is 0 Å². The van der Waals surface area contributed by atoms with Crippen LogP contribution in [-0.4, -0.2) is 70.9 Å². The Morgan fingerprint density at radius 3 is 2.42 bits per heavy atom. The molecule has 3 amide bonds. The number of halogens is 1. The van der Waals surface area contributed by atoms with Crippen molar-refractivity contribution >= 4 is 17.8 Å². The minimum Gasteiger partial charge on any atom is -0.317 e. The van der Waals surface area contributed by atoms with E-state index in [0.29, 0.717) is 12.5 Å².